The van der Waals surface area contributed by atoms with Crippen molar-refractivity contribution < 1.29 is 4.74 Å². The average molecular weight is 286 g/mol. The van der Waals surface area contributed by atoms with Crippen LogP contribution in [0.5, 0.6) is 5.75 Å². The first-order chi connectivity index (χ1) is 7.52. The molecular weight excluding hydrogens is 266 g/mol. The molecule has 1 aromatic rings. The van der Waals surface area contributed by atoms with E-state index in [-0.39, 0.29) is 0 Å². The van der Waals surface area contributed by atoms with Crippen molar-refractivity contribution in [2.75, 3.05) is 13.7 Å². The number of benzene rings is 1. The third-order valence-corrected chi connectivity index (χ3v) is 4.01. The summed E-state index contributed by atoms with van der Waals surface area (Å²) in [6, 6.07) is 2.22. The lowest BCUT2D eigenvalue weighted by atomic mass is 9.91. The van der Waals surface area contributed by atoms with Gasteiger partial charge in [-0.05, 0) is 65.4 Å². The van der Waals surface area contributed by atoms with Gasteiger partial charge in [0.15, 0.2) is 0 Å². The van der Waals surface area contributed by atoms with Crippen LogP contribution < -0.4 is 10.5 Å². The summed E-state index contributed by atoms with van der Waals surface area (Å²) in [6.45, 7) is 7.12. The van der Waals surface area contributed by atoms with Gasteiger partial charge in [0.1, 0.15) is 5.75 Å². The fourth-order valence-corrected chi connectivity index (χ4v) is 2.61. The van der Waals surface area contributed by atoms with Gasteiger partial charge in [-0.15, -0.1) is 0 Å². The number of aryl methyl sites for hydroxylation is 1. The van der Waals surface area contributed by atoms with E-state index >= 15 is 0 Å². The number of hydrogen-bond acceptors (Lipinski definition) is 2. The molecule has 0 amide bonds. The normalized spacial score (nSPS) is 12.6. The molecule has 1 aromatic carbocycles. The van der Waals surface area contributed by atoms with E-state index in [0.717, 1.165) is 23.2 Å². The van der Waals surface area contributed by atoms with E-state index in [4.69, 9.17) is 10.5 Å². The van der Waals surface area contributed by atoms with Gasteiger partial charge >= 0.3 is 0 Å². The molecule has 0 aliphatic heterocycles. The van der Waals surface area contributed by atoms with Crippen LogP contribution in [0.25, 0.3) is 0 Å². The third-order valence-electron chi connectivity index (χ3n) is 3.03. The lowest BCUT2D eigenvalue weighted by Crippen LogP contribution is -2.07. The minimum Gasteiger partial charge on any atom is -0.495 e. The van der Waals surface area contributed by atoms with Crippen LogP contribution in [0.3, 0.4) is 0 Å². The summed E-state index contributed by atoms with van der Waals surface area (Å²) in [5, 5.41) is 0. The van der Waals surface area contributed by atoms with Crippen LogP contribution in [0, 0.1) is 13.8 Å². The minimum absolute atomic E-state index is 0.477. The van der Waals surface area contributed by atoms with Crippen LogP contribution in [0.2, 0.25) is 0 Å². The molecule has 0 spiro atoms. The summed E-state index contributed by atoms with van der Waals surface area (Å²) in [5.41, 5.74) is 9.37. The van der Waals surface area contributed by atoms with E-state index in [1.165, 1.54) is 16.7 Å². The first-order valence-corrected chi connectivity index (χ1v) is 6.35. The Balaban J connectivity index is 3.25. The number of rotatable bonds is 4. The quantitative estimate of drug-likeness (QED) is 0.919. The number of nitrogens with two attached hydrogens (primary N) is 1. The first-order valence-electron chi connectivity index (χ1n) is 5.56. The molecule has 16 heavy (non-hydrogen) atoms. The lowest BCUT2D eigenvalue weighted by Gasteiger charge is -2.19. The van der Waals surface area contributed by atoms with Crippen molar-refractivity contribution in [3.05, 3.63) is 27.2 Å². The number of hydrogen-bond donors (Lipinski definition) is 1. The molecule has 0 saturated heterocycles. The smallest absolute Gasteiger partial charge is 0.136 e. The third kappa shape index (κ3) is 2.58. The van der Waals surface area contributed by atoms with Crippen molar-refractivity contribution in [2.45, 2.75) is 33.1 Å². The standard InChI is InChI=1S/C13H20BrNO/c1-8(5-6-15)11-7-9(2)12(14)13(16-4)10(11)3/h7-8H,5-6,15H2,1-4H3. The SMILES string of the molecule is COc1c(C)c(C(C)CCN)cc(C)c1Br. The molecule has 3 heteroatoms. The number of halogens is 1. The summed E-state index contributed by atoms with van der Waals surface area (Å²) >= 11 is 3.56. The lowest BCUT2D eigenvalue weighted by molar-refractivity contribution is 0.407. The average Bonchev–Trinajstić information content (AvgIpc) is 2.24. The van der Waals surface area contributed by atoms with Crippen molar-refractivity contribution in [2.24, 2.45) is 5.73 Å². The van der Waals surface area contributed by atoms with E-state index < -0.39 is 0 Å². The van der Waals surface area contributed by atoms with Crippen LogP contribution in [-0.4, -0.2) is 13.7 Å². The maximum Gasteiger partial charge on any atom is 0.136 e. The van der Waals surface area contributed by atoms with Crippen LogP contribution >= 0.6 is 15.9 Å². The van der Waals surface area contributed by atoms with E-state index in [0.29, 0.717) is 5.92 Å². The number of methoxy groups -OCH3 is 1. The molecule has 2 nitrogen and oxygen atoms in total. The molecule has 0 saturated carbocycles. The maximum atomic E-state index is 5.61. The van der Waals surface area contributed by atoms with Gasteiger partial charge in [0.05, 0.1) is 11.6 Å². The Morgan fingerprint density at radius 2 is 2.06 bits per heavy atom. The summed E-state index contributed by atoms with van der Waals surface area (Å²) in [6.07, 6.45) is 1.01. The highest BCUT2D eigenvalue weighted by molar-refractivity contribution is 9.10. The molecule has 0 aliphatic carbocycles. The molecule has 0 aromatic heterocycles. The zero-order valence-electron chi connectivity index (χ0n) is 10.4. The van der Waals surface area contributed by atoms with Crippen molar-refractivity contribution in [1.82, 2.24) is 0 Å². The molecule has 1 unspecified atom stereocenters. The second-order valence-corrected chi connectivity index (χ2v) is 5.03. The van der Waals surface area contributed by atoms with Crippen molar-refractivity contribution in [3.8, 4) is 5.75 Å². The van der Waals surface area contributed by atoms with E-state index in [1.54, 1.807) is 7.11 Å². The topological polar surface area (TPSA) is 35.2 Å². The molecular formula is C13H20BrNO. The van der Waals surface area contributed by atoms with Crippen LogP contribution in [0.1, 0.15) is 36.0 Å². The summed E-state index contributed by atoms with van der Waals surface area (Å²) in [4.78, 5) is 0. The Bertz CT molecular complexity index is 377. The second kappa shape index (κ2) is 5.69. The Hall–Kier alpha value is -0.540. The Morgan fingerprint density at radius 3 is 2.56 bits per heavy atom. The molecule has 0 fully saturated rings. The van der Waals surface area contributed by atoms with Crippen molar-refractivity contribution >= 4 is 15.9 Å². The zero-order chi connectivity index (χ0) is 12.3. The van der Waals surface area contributed by atoms with Gasteiger partial charge in [-0.25, -0.2) is 0 Å². The molecule has 0 aliphatic rings. The molecule has 1 atom stereocenters. The van der Waals surface area contributed by atoms with E-state index in [1.807, 2.05) is 0 Å². The van der Waals surface area contributed by atoms with Gasteiger partial charge in [-0.1, -0.05) is 13.0 Å². The predicted octanol–water partition coefficient (Wildman–Crippen LogP) is 3.53. The molecule has 0 bridgehead atoms. The van der Waals surface area contributed by atoms with Crippen LogP contribution in [0.15, 0.2) is 10.5 Å². The zero-order valence-corrected chi connectivity index (χ0v) is 12.0. The monoisotopic (exact) mass is 285 g/mol. The first kappa shape index (κ1) is 13.5. The van der Waals surface area contributed by atoms with Gasteiger partial charge in [-0.2, -0.15) is 0 Å². The molecule has 0 heterocycles. The van der Waals surface area contributed by atoms with Gasteiger partial charge in [0.25, 0.3) is 0 Å². The van der Waals surface area contributed by atoms with E-state index in [2.05, 4.69) is 42.8 Å². The fourth-order valence-electron chi connectivity index (χ4n) is 2.04. The highest BCUT2D eigenvalue weighted by atomic mass is 79.9. The summed E-state index contributed by atoms with van der Waals surface area (Å²) in [7, 11) is 1.71. The van der Waals surface area contributed by atoms with Gasteiger partial charge in [-0.3, -0.25) is 0 Å². The molecule has 1 rings (SSSR count). The second-order valence-electron chi connectivity index (χ2n) is 4.23. The molecule has 2 N–H and O–H groups in total. The van der Waals surface area contributed by atoms with E-state index in [9.17, 15) is 0 Å². The van der Waals surface area contributed by atoms with Gasteiger partial charge in [0.2, 0.25) is 0 Å². The molecule has 90 valence electrons. The number of ether oxygens (including phenoxy) is 1. The van der Waals surface area contributed by atoms with Gasteiger partial charge in [0, 0.05) is 0 Å². The Labute approximate surface area is 106 Å². The Kier molecular flexibility index (Phi) is 4.81. The van der Waals surface area contributed by atoms with Crippen molar-refractivity contribution in [3.63, 3.8) is 0 Å². The summed E-state index contributed by atoms with van der Waals surface area (Å²) in [5.74, 6) is 1.42. The van der Waals surface area contributed by atoms with Crippen LogP contribution in [-0.2, 0) is 0 Å². The van der Waals surface area contributed by atoms with Crippen molar-refractivity contribution in [1.29, 1.82) is 0 Å². The maximum absolute atomic E-state index is 5.61. The fraction of sp³-hybridized carbons (Fsp3) is 0.538. The molecule has 0 radical (unpaired) electrons. The Morgan fingerprint density at radius 1 is 1.44 bits per heavy atom. The predicted molar refractivity (Wildman–Crippen MR) is 72.3 cm³/mol. The van der Waals surface area contributed by atoms with Gasteiger partial charge < -0.3 is 10.5 Å². The minimum atomic E-state index is 0.477. The highest BCUT2D eigenvalue weighted by Gasteiger charge is 2.15. The summed E-state index contributed by atoms with van der Waals surface area (Å²) < 4.78 is 6.50. The van der Waals surface area contributed by atoms with Crippen LogP contribution in [0.4, 0.5) is 0 Å². The highest BCUT2D eigenvalue weighted by Crippen LogP contribution is 2.37. The largest absolute Gasteiger partial charge is 0.495 e.